The van der Waals surface area contributed by atoms with Crippen molar-refractivity contribution in [3.05, 3.63) is 56.5 Å². The summed E-state index contributed by atoms with van der Waals surface area (Å²) in [6, 6.07) is 9.06. The Kier molecular flexibility index (Phi) is 5.17. The first-order chi connectivity index (χ1) is 10.9. The van der Waals surface area contributed by atoms with Gasteiger partial charge in [-0.2, -0.15) is 0 Å². The zero-order chi connectivity index (χ0) is 17.0. The highest BCUT2D eigenvalue weighted by molar-refractivity contribution is 9.10. The molecule has 2 rings (SSSR count). The maximum atomic E-state index is 12.3. The largest absolute Gasteiger partial charge is 0.497 e. The number of nitro benzene ring substituents is 1. The molecule has 8 heteroatoms. The highest BCUT2D eigenvalue weighted by Crippen LogP contribution is 2.28. The van der Waals surface area contributed by atoms with E-state index in [1.807, 2.05) is 0 Å². The van der Waals surface area contributed by atoms with Crippen LogP contribution in [0.15, 0.2) is 40.9 Å². The molecule has 7 nitrogen and oxygen atoms in total. The van der Waals surface area contributed by atoms with Crippen molar-refractivity contribution in [1.29, 1.82) is 0 Å². The van der Waals surface area contributed by atoms with E-state index in [2.05, 4.69) is 21.2 Å². The van der Waals surface area contributed by atoms with E-state index in [9.17, 15) is 14.9 Å². The van der Waals surface area contributed by atoms with Gasteiger partial charge in [0.2, 0.25) is 0 Å². The van der Waals surface area contributed by atoms with Gasteiger partial charge in [0, 0.05) is 35.5 Å². The molecule has 1 amide bonds. The second-order valence-electron chi connectivity index (χ2n) is 4.48. The summed E-state index contributed by atoms with van der Waals surface area (Å²) in [6.07, 6.45) is 0. The average Bonchev–Trinajstić information content (AvgIpc) is 2.54. The van der Waals surface area contributed by atoms with Crippen molar-refractivity contribution in [1.82, 2.24) is 0 Å². The molecule has 0 fully saturated rings. The third-order valence-electron chi connectivity index (χ3n) is 3.01. The van der Waals surface area contributed by atoms with Gasteiger partial charge in [0.1, 0.15) is 11.5 Å². The summed E-state index contributed by atoms with van der Waals surface area (Å²) in [5.41, 5.74) is 0.444. The minimum Gasteiger partial charge on any atom is -0.497 e. The minimum atomic E-state index is -0.560. The Morgan fingerprint density at radius 2 is 1.74 bits per heavy atom. The van der Waals surface area contributed by atoms with E-state index in [-0.39, 0.29) is 11.3 Å². The lowest BCUT2D eigenvalue weighted by molar-refractivity contribution is -0.385. The summed E-state index contributed by atoms with van der Waals surface area (Å²) in [4.78, 5) is 22.6. The molecule has 120 valence electrons. The van der Waals surface area contributed by atoms with Crippen LogP contribution in [0.2, 0.25) is 0 Å². The average molecular weight is 381 g/mol. The Balaban J connectivity index is 2.29. The Hall–Kier alpha value is -2.61. The van der Waals surface area contributed by atoms with Gasteiger partial charge in [-0.1, -0.05) is 0 Å². The number of amides is 1. The molecule has 0 aliphatic heterocycles. The van der Waals surface area contributed by atoms with Crippen molar-refractivity contribution in [2.75, 3.05) is 19.5 Å². The number of hydrogen-bond donors (Lipinski definition) is 1. The Morgan fingerprint density at radius 3 is 2.26 bits per heavy atom. The lowest BCUT2D eigenvalue weighted by atomic mass is 10.2. The molecular formula is C15H13BrN2O5. The molecule has 0 aliphatic rings. The number of carbonyl (C=O) groups is 1. The maximum absolute atomic E-state index is 12.3. The number of methoxy groups -OCH3 is 2. The number of anilines is 1. The molecule has 0 aliphatic carbocycles. The van der Waals surface area contributed by atoms with Crippen LogP contribution >= 0.6 is 15.9 Å². The molecule has 0 atom stereocenters. The molecule has 1 N–H and O–H groups in total. The predicted octanol–water partition coefficient (Wildman–Crippen LogP) is 3.63. The number of nitro groups is 1. The third-order valence-corrected chi connectivity index (χ3v) is 3.68. The van der Waals surface area contributed by atoms with Gasteiger partial charge in [-0.3, -0.25) is 14.9 Å². The van der Waals surface area contributed by atoms with Gasteiger partial charge >= 0.3 is 0 Å². The molecule has 0 radical (unpaired) electrons. The Labute approximate surface area is 140 Å². The van der Waals surface area contributed by atoms with Gasteiger partial charge in [0.25, 0.3) is 11.6 Å². The molecule has 0 saturated heterocycles. The molecule has 2 aromatic rings. The van der Waals surface area contributed by atoms with Gasteiger partial charge in [0.15, 0.2) is 0 Å². The van der Waals surface area contributed by atoms with Gasteiger partial charge < -0.3 is 14.8 Å². The minimum absolute atomic E-state index is 0.168. The lowest BCUT2D eigenvalue weighted by Gasteiger charge is -2.10. The number of rotatable bonds is 5. The monoisotopic (exact) mass is 380 g/mol. The fourth-order valence-corrected chi connectivity index (χ4v) is 2.27. The van der Waals surface area contributed by atoms with E-state index in [1.165, 1.54) is 32.4 Å². The van der Waals surface area contributed by atoms with Crippen molar-refractivity contribution in [2.45, 2.75) is 0 Å². The number of halogens is 1. The Morgan fingerprint density at radius 1 is 1.13 bits per heavy atom. The summed E-state index contributed by atoms with van der Waals surface area (Å²) in [5.74, 6) is 0.554. The summed E-state index contributed by atoms with van der Waals surface area (Å²) >= 11 is 3.08. The van der Waals surface area contributed by atoms with Crippen LogP contribution in [-0.4, -0.2) is 25.1 Å². The van der Waals surface area contributed by atoms with E-state index in [0.717, 1.165) is 0 Å². The van der Waals surface area contributed by atoms with E-state index in [1.54, 1.807) is 18.2 Å². The summed E-state index contributed by atoms with van der Waals surface area (Å²) in [5, 5.41) is 13.6. The van der Waals surface area contributed by atoms with Crippen LogP contribution in [0.25, 0.3) is 0 Å². The molecule has 23 heavy (non-hydrogen) atoms. The van der Waals surface area contributed by atoms with Gasteiger partial charge in [-0.05, 0) is 28.1 Å². The number of hydrogen-bond acceptors (Lipinski definition) is 5. The molecule has 0 spiro atoms. The van der Waals surface area contributed by atoms with Crippen molar-refractivity contribution < 1.29 is 19.2 Å². The number of ether oxygens (including phenoxy) is 2. The van der Waals surface area contributed by atoms with Gasteiger partial charge in [-0.15, -0.1) is 0 Å². The lowest BCUT2D eigenvalue weighted by Crippen LogP contribution is -2.12. The fourth-order valence-electron chi connectivity index (χ4n) is 1.88. The first-order valence-electron chi connectivity index (χ1n) is 6.43. The van der Waals surface area contributed by atoms with Crippen LogP contribution in [0.3, 0.4) is 0 Å². The molecule has 0 heterocycles. The zero-order valence-corrected chi connectivity index (χ0v) is 13.9. The van der Waals surface area contributed by atoms with Crippen LogP contribution in [0.1, 0.15) is 10.4 Å². The fraction of sp³-hybridized carbons (Fsp3) is 0.133. The summed E-state index contributed by atoms with van der Waals surface area (Å²) in [6.45, 7) is 0. The van der Waals surface area contributed by atoms with Crippen molar-refractivity contribution in [2.24, 2.45) is 0 Å². The smallest absolute Gasteiger partial charge is 0.284 e. The molecule has 0 unspecified atom stereocenters. The van der Waals surface area contributed by atoms with Crippen LogP contribution in [0.5, 0.6) is 11.5 Å². The summed E-state index contributed by atoms with van der Waals surface area (Å²) < 4.78 is 10.6. The standard InChI is InChI=1S/C15H13BrN2O5/c1-22-11-6-10(7-12(8-11)23-2)17-15(19)9-3-4-13(16)14(5-9)18(20)21/h3-8H,1-2H3,(H,17,19). The SMILES string of the molecule is COc1cc(NC(=O)c2ccc(Br)c([N+](=O)[O-])c2)cc(OC)c1. The van der Waals surface area contributed by atoms with Crippen molar-refractivity contribution >= 4 is 33.2 Å². The van der Waals surface area contributed by atoms with Crippen molar-refractivity contribution in [3.8, 4) is 11.5 Å². The maximum Gasteiger partial charge on any atom is 0.284 e. The van der Waals surface area contributed by atoms with E-state index in [4.69, 9.17) is 9.47 Å². The van der Waals surface area contributed by atoms with Crippen LogP contribution < -0.4 is 14.8 Å². The van der Waals surface area contributed by atoms with E-state index < -0.39 is 10.8 Å². The molecule has 0 aromatic heterocycles. The van der Waals surface area contributed by atoms with Gasteiger partial charge in [0.05, 0.1) is 23.6 Å². The predicted molar refractivity (Wildman–Crippen MR) is 88.3 cm³/mol. The molecule has 0 saturated carbocycles. The highest BCUT2D eigenvalue weighted by atomic mass is 79.9. The second-order valence-corrected chi connectivity index (χ2v) is 5.33. The number of nitrogens with one attached hydrogen (secondary N) is 1. The molecular weight excluding hydrogens is 368 g/mol. The summed E-state index contributed by atoms with van der Waals surface area (Å²) in [7, 11) is 3.00. The van der Waals surface area contributed by atoms with Crippen LogP contribution in [0, 0.1) is 10.1 Å². The molecule has 2 aromatic carbocycles. The van der Waals surface area contributed by atoms with E-state index >= 15 is 0 Å². The Bertz CT molecular complexity index is 741. The third kappa shape index (κ3) is 3.98. The van der Waals surface area contributed by atoms with Gasteiger partial charge in [-0.25, -0.2) is 0 Å². The normalized spacial score (nSPS) is 10.0. The number of nitrogens with zero attached hydrogens (tertiary/aromatic N) is 1. The quantitative estimate of drug-likeness (QED) is 0.631. The molecule has 0 bridgehead atoms. The van der Waals surface area contributed by atoms with Crippen LogP contribution in [0.4, 0.5) is 11.4 Å². The topological polar surface area (TPSA) is 90.7 Å². The van der Waals surface area contributed by atoms with Crippen LogP contribution in [-0.2, 0) is 0 Å². The second kappa shape index (κ2) is 7.10. The first kappa shape index (κ1) is 16.8. The number of benzene rings is 2. The number of carbonyl (C=O) groups excluding carboxylic acids is 1. The highest BCUT2D eigenvalue weighted by Gasteiger charge is 2.16. The zero-order valence-electron chi connectivity index (χ0n) is 12.3. The first-order valence-corrected chi connectivity index (χ1v) is 7.22. The van der Waals surface area contributed by atoms with Crippen molar-refractivity contribution in [3.63, 3.8) is 0 Å². The van der Waals surface area contributed by atoms with E-state index in [0.29, 0.717) is 21.7 Å².